The molecule has 0 aliphatic rings. The number of fused-ring (bicyclic) bond motifs is 1. The Hall–Kier alpha value is -1.82. The summed E-state index contributed by atoms with van der Waals surface area (Å²) >= 11 is 0. The van der Waals surface area contributed by atoms with E-state index >= 15 is 0 Å². The lowest BCUT2D eigenvalue weighted by atomic mass is 10.1. The molecule has 6 heteroatoms. The molecule has 21 heavy (non-hydrogen) atoms. The fraction of sp³-hybridized carbons (Fsp3) is 0.400. The fourth-order valence-electron chi connectivity index (χ4n) is 2.46. The highest BCUT2D eigenvalue weighted by atomic mass is 32.2. The van der Waals surface area contributed by atoms with Gasteiger partial charge >= 0.3 is 5.97 Å². The molecule has 0 radical (unpaired) electrons. The Labute approximate surface area is 124 Å². The first-order chi connectivity index (χ1) is 9.75. The number of carboxylic acid groups (broad SMARTS) is 1. The predicted octanol–water partition coefficient (Wildman–Crippen LogP) is 2.86. The van der Waals surface area contributed by atoms with Crippen LogP contribution in [-0.2, 0) is 15.6 Å². The number of benzene rings is 1. The zero-order chi connectivity index (χ0) is 15.8. The fourth-order valence-corrected chi connectivity index (χ4v) is 3.34. The Kier molecular flexibility index (Phi) is 4.09. The Balaban J connectivity index is 2.66. The van der Waals surface area contributed by atoms with E-state index in [9.17, 15) is 13.2 Å². The maximum absolute atomic E-state index is 11.9. The summed E-state index contributed by atoms with van der Waals surface area (Å²) in [5.74, 6) is -0.928. The lowest BCUT2D eigenvalue weighted by molar-refractivity contribution is 0.0697. The van der Waals surface area contributed by atoms with Crippen molar-refractivity contribution in [3.8, 4) is 0 Å². The van der Waals surface area contributed by atoms with E-state index in [4.69, 9.17) is 5.11 Å². The van der Waals surface area contributed by atoms with E-state index in [-0.39, 0.29) is 23.1 Å². The van der Waals surface area contributed by atoms with Gasteiger partial charge in [0, 0.05) is 23.0 Å². The average molecular weight is 309 g/mol. The van der Waals surface area contributed by atoms with E-state index in [1.165, 1.54) is 6.07 Å². The molecule has 1 aromatic heterocycles. The molecule has 1 N–H and O–H groups in total. The first-order valence-corrected chi connectivity index (χ1v) is 8.65. The van der Waals surface area contributed by atoms with Gasteiger partial charge in [0.15, 0.2) is 9.84 Å². The van der Waals surface area contributed by atoms with Gasteiger partial charge in [0.2, 0.25) is 0 Å². The van der Waals surface area contributed by atoms with Crippen molar-refractivity contribution in [2.75, 3.05) is 5.75 Å². The van der Waals surface area contributed by atoms with Gasteiger partial charge in [-0.3, -0.25) is 0 Å². The van der Waals surface area contributed by atoms with E-state index < -0.39 is 15.8 Å². The number of aromatic carboxylic acids is 1. The van der Waals surface area contributed by atoms with Crippen LogP contribution in [0.2, 0.25) is 0 Å². The SMILES string of the molecule is CCS(=O)(=O)Cc1cc2ccc(C(=O)O)cc2n1C(C)C. The molecule has 1 aromatic carbocycles. The normalized spacial score (nSPS) is 12.2. The van der Waals surface area contributed by atoms with Gasteiger partial charge in [-0.05, 0) is 37.4 Å². The third-order valence-electron chi connectivity index (χ3n) is 3.49. The third kappa shape index (κ3) is 3.10. The molecular weight excluding hydrogens is 290 g/mol. The number of carbonyl (C=O) groups is 1. The number of hydrogen-bond acceptors (Lipinski definition) is 3. The Morgan fingerprint density at radius 3 is 2.48 bits per heavy atom. The van der Waals surface area contributed by atoms with Crippen molar-refractivity contribution in [3.63, 3.8) is 0 Å². The van der Waals surface area contributed by atoms with Gasteiger partial charge in [0.25, 0.3) is 0 Å². The summed E-state index contributed by atoms with van der Waals surface area (Å²) in [5.41, 5.74) is 1.66. The topological polar surface area (TPSA) is 76.4 Å². The second-order valence-corrected chi connectivity index (χ2v) is 7.71. The van der Waals surface area contributed by atoms with Crippen molar-refractivity contribution in [3.05, 3.63) is 35.5 Å². The van der Waals surface area contributed by atoms with E-state index in [0.717, 1.165) is 10.9 Å². The van der Waals surface area contributed by atoms with Crippen LogP contribution in [0.5, 0.6) is 0 Å². The molecule has 0 fully saturated rings. The second-order valence-electron chi connectivity index (χ2n) is 5.35. The molecule has 0 bridgehead atoms. The van der Waals surface area contributed by atoms with Crippen LogP contribution in [0.3, 0.4) is 0 Å². The molecule has 0 spiro atoms. The lowest BCUT2D eigenvalue weighted by Crippen LogP contribution is -2.12. The molecule has 0 aliphatic heterocycles. The standard InChI is InChI=1S/C15H19NO4S/c1-4-21(19,20)9-13-7-11-5-6-12(15(17)18)8-14(11)16(13)10(2)3/h5-8,10H,4,9H2,1-3H3,(H,17,18). The van der Waals surface area contributed by atoms with E-state index in [2.05, 4.69) is 0 Å². The van der Waals surface area contributed by atoms with Crippen LogP contribution in [0.25, 0.3) is 10.9 Å². The minimum Gasteiger partial charge on any atom is -0.478 e. The highest BCUT2D eigenvalue weighted by Gasteiger charge is 2.18. The monoisotopic (exact) mass is 309 g/mol. The summed E-state index contributed by atoms with van der Waals surface area (Å²) in [4.78, 5) is 11.1. The number of nitrogens with zero attached hydrogens (tertiary/aromatic N) is 1. The van der Waals surface area contributed by atoms with E-state index in [1.807, 2.05) is 24.5 Å². The number of hydrogen-bond donors (Lipinski definition) is 1. The largest absolute Gasteiger partial charge is 0.478 e. The molecule has 0 saturated carbocycles. The summed E-state index contributed by atoms with van der Waals surface area (Å²) in [6.45, 7) is 5.53. The maximum Gasteiger partial charge on any atom is 0.335 e. The first-order valence-electron chi connectivity index (χ1n) is 6.82. The number of rotatable bonds is 5. The van der Waals surface area contributed by atoms with E-state index in [1.54, 1.807) is 19.1 Å². The van der Waals surface area contributed by atoms with Gasteiger partial charge < -0.3 is 9.67 Å². The van der Waals surface area contributed by atoms with Crippen LogP contribution in [0.1, 0.15) is 42.9 Å². The molecule has 0 aliphatic carbocycles. The van der Waals surface area contributed by atoms with Crippen molar-refractivity contribution in [1.82, 2.24) is 4.57 Å². The van der Waals surface area contributed by atoms with Crippen LogP contribution < -0.4 is 0 Å². The lowest BCUT2D eigenvalue weighted by Gasteiger charge is -2.15. The molecule has 2 rings (SSSR count). The summed E-state index contributed by atoms with van der Waals surface area (Å²) in [6, 6.07) is 6.73. The van der Waals surface area contributed by atoms with Crippen molar-refractivity contribution in [2.45, 2.75) is 32.6 Å². The summed E-state index contributed by atoms with van der Waals surface area (Å²) < 4.78 is 25.7. The van der Waals surface area contributed by atoms with Crippen LogP contribution in [0.4, 0.5) is 0 Å². The zero-order valence-corrected chi connectivity index (χ0v) is 13.1. The molecule has 1 heterocycles. The average Bonchev–Trinajstić information content (AvgIpc) is 2.74. The molecule has 0 amide bonds. The molecule has 2 aromatic rings. The molecular formula is C15H19NO4S. The Bertz CT molecular complexity index is 787. The van der Waals surface area contributed by atoms with Crippen molar-refractivity contribution < 1.29 is 18.3 Å². The van der Waals surface area contributed by atoms with Crippen molar-refractivity contribution in [2.24, 2.45) is 0 Å². The van der Waals surface area contributed by atoms with Gasteiger partial charge in [-0.25, -0.2) is 13.2 Å². The quantitative estimate of drug-likeness (QED) is 0.921. The summed E-state index contributed by atoms with van der Waals surface area (Å²) in [6.07, 6.45) is 0. The molecule has 114 valence electrons. The Morgan fingerprint density at radius 2 is 1.95 bits per heavy atom. The summed E-state index contributed by atoms with van der Waals surface area (Å²) in [5, 5.41) is 9.96. The highest BCUT2D eigenvalue weighted by Crippen LogP contribution is 2.26. The van der Waals surface area contributed by atoms with Gasteiger partial charge in [-0.1, -0.05) is 13.0 Å². The van der Waals surface area contributed by atoms with Crippen LogP contribution in [0.15, 0.2) is 24.3 Å². The predicted molar refractivity (Wildman–Crippen MR) is 82.4 cm³/mol. The summed E-state index contributed by atoms with van der Waals surface area (Å²) in [7, 11) is -3.14. The van der Waals surface area contributed by atoms with Gasteiger partial charge in [-0.2, -0.15) is 0 Å². The molecule has 0 unspecified atom stereocenters. The minimum atomic E-state index is -3.14. The van der Waals surface area contributed by atoms with E-state index in [0.29, 0.717) is 5.69 Å². The molecule has 0 atom stereocenters. The zero-order valence-electron chi connectivity index (χ0n) is 12.3. The minimum absolute atomic E-state index is 0.0290. The highest BCUT2D eigenvalue weighted by molar-refractivity contribution is 7.90. The van der Waals surface area contributed by atoms with Gasteiger partial charge in [0.05, 0.1) is 11.3 Å². The van der Waals surface area contributed by atoms with Crippen molar-refractivity contribution in [1.29, 1.82) is 0 Å². The smallest absolute Gasteiger partial charge is 0.335 e. The number of sulfone groups is 1. The number of carboxylic acids is 1. The first kappa shape index (κ1) is 15.6. The van der Waals surface area contributed by atoms with Crippen LogP contribution in [-0.4, -0.2) is 29.8 Å². The number of aromatic nitrogens is 1. The van der Waals surface area contributed by atoms with Crippen LogP contribution in [0, 0.1) is 0 Å². The van der Waals surface area contributed by atoms with Crippen molar-refractivity contribution >= 4 is 26.7 Å². The van der Waals surface area contributed by atoms with Gasteiger partial charge in [0.1, 0.15) is 0 Å². The van der Waals surface area contributed by atoms with Gasteiger partial charge in [-0.15, -0.1) is 0 Å². The second kappa shape index (κ2) is 5.52. The Morgan fingerprint density at radius 1 is 1.29 bits per heavy atom. The molecule has 0 saturated heterocycles. The van der Waals surface area contributed by atoms with Crippen LogP contribution >= 0.6 is 0 Å². The maximum atomic E-state index is 11.9. The molecule has 5 nitrogen and oxygen atoms in total. The third-order valence-corrected chi connectivity index (χ3v) is 5.11.